The van der Waals surface area contributed by atoms with Gasteiger partial charge < -0.3 is 14.0 Å². The van der Waals surface area contributed by atoms with Crippen LogP contribution in [0.5, 0.6) is 5.75 Å². The highest BCUT2D eigenvalue weighted by atomic mass is 32.2. The van der Waals surface area contributed by atoms with Crippen LogP contribution in [0, 0.1) is 0 Å². The van der Waals surface area contributed by atoms with Gasteiger partial charge in [-0.2, -0.15) is 0 Å². The van der Waals surface area contributed by atoms with Gasteiger partial charge in [0.2, 0.25) is 0 Å². The predicted molar refractivity (Wildman–Crippen MR) is 97.6 cm³/mol. The first-order chi connectivity index (χ1) is 12.0. The number of nitrogens with zero attached hydrogens (tertiary/aromatic N) is 1. The van der Waals surface area contributed by atoms with Gasteiger partial charge in [0.05, 0.1) is 13.7 Å². The lowest BCUT2D eigenvalue weighted by Gasteiger charge is -2.12. The summed E-state index contributed by atoms with van der Waals surface area (Å²) in [5.74, 6) is 0.307. The van der Waals surface area contributed by atoms with Crippen molar-refractivity contribution in [2.24, 2.45) is 0 Å². The summed E-state index contributed by atoms with van der Waals surface area (Å²) in [6, 6.07) is 13.9. The van der Waals surface area contributed by atoms with Crippen molar-refractivity contribution in [1.82, 2.24) is 4.57 Å². The Labute approximate surface area is 147 Å². The molecule has 0 fully saturated rings. The van der Waals surface area contributed by atoms with E-state index in [0.717, 1.165) is 17.4 Å². The lowest BCUT2D eigenvalue weighted by Crippen LogP contribution is -2.14. The average Bonchev–Trinajstić information content (AvgIpc) is 3.01. The SMILES string of the molecule is COCCn1ccc2cc(NS(=O)(=O)c3ccccc3OC)ccc21. The van der Waals surface area contributed by atoms with Crippen LogP contribution in [-0.2, 0) is 21.3 Å². The number of fused-ring (bicyclic) bond motifs is 1. The summed E-state index contributed by atoms with van der Waals surface area (Å²) in [4.78, 5) is 0.107. The zero-order valence-electron chi connectivity index (χ0n) is 14.1. The molecule has 132 valence electrons. The van der Waals surface area contributed by atoms with Gasteiger partial charge in [0.25, 0.3) is 10.0 Å². The molecular formula is C18H20N2O4S. The molecule has 6 nitrogen and oxygen atoms in total. The molecule has 0 bridgehead atoms. The van der Waals surface area contributed by atoms with Crippen molar-refractivity contribution in [2.75, 3.05) is 25.5 Å². The Bertz CT molecular complexity index is 980. The molecule has 0 spiro atoms. The van der Waals surface area contributed by atoms with Gasteiger partial charge in [-0.05, 0) is 36.4 Å². The second-order valence-electron chi connectivity index (χ2n) is 5.53. The second-order valence-corrected chi connectivity index (χ2v) is 7.18. The summed E-state index contributed by atoms with van der Waals surface area (Å²) >= 11 is 0. The highest BCUT2D eigenvalue weighted by Gasteiger charge is 2.19. The molecule has 0 amide bonds. The molecule has 0 saturated carbocycles. The maximum atomic E-state index is 12.7. The topological polar surface area (TPSA) is 69.6 Å². The first-order valence-electron chi connectivity index (χ1n) is 7.79. The fourth-order valence-electron chi connectivity index (χ4n) is 2.70. The normalized spacial score (nSPS) is 11.6. The standard InChI is InChI=1S/C18H20N2O4S/c1-23-12-11-20-10-9-14-13-15(7-8-16(14)20)19-25(21,22)18-6-4-3-5-17(18)24-2/h3-10,13,19H,11-12H2,1-2H3. The molecule has 0 unspecified atom stereocenters. The lowest BCUT2D eigenvalue weighted by atomic mass is 10.2. The van der Waals surface area contributed by atoms with E-state index in [-0.39, 0.29) is 4.90 Å². The summed E-state index contributed by atoms with van der Waals surface area (Å²) in [5.41, 5.74) is 1.53. The zero-order valence-corrected chi connectivity index (χ0v) is 14.9. The molecule has 0 aliphatic heterocycles. The summed E-state index contributed by atoms with van der Waals surface area (Å²) in [6.07, 6.45) is 1.96. The molecule has 25 heavy (non-hydrogen) atoms. The van der Waals surface area contributed by atoms with E-state index in [1.54, 1.807) is 31.4 Å². The Kier molecular flexibility index (Phi) is 4.96. The van der Waals surface area contributed by atoms with Crippen molar-refractivity contribution < 1.29 is 17.9 Å². The molecule has 3 aromatic rings. The number of anilines is 1. The quantitative estimate of drug-likeness (QED) is 0.703. The average molecular weight is 360 g/mol. The fraction of sp³-hybridized carbons (Fsp3) is 0.222. The van der Waals surface area contributed by atoms with Crippen molar-refractivity contribution in [3.8, 4) is 5.75 Å². The number of methoxy groups -OCH3 is 2. The third-order valence-electron chi connectivity index (χ3n) is 3.92. The molecule has 0 aliphatic rings. The molecule has 0 radical (unpaired) electrons. The molecule has 1 N–H and O–H groups in total. The van der Waals surface area contributed by atoms with E-state index in [1.165, 1.54) is 13.2 Å². The number of para-hydroxylation sites is 1. The summed E-state index contributed by atoms with van der Waals surface area (Å²) in [5, 5.41) is 0.955. The largest absolute Gasteiger partial charge is 0.495 e. The molecule has 3 rings (SSSR count). The van der Waals surface area contributed by atoms with Gasteiger partial charge in [0.1, 0.15) is 10.6 Å². The number of aromatic nitrogens is 1. The minimum absolute atomic E-state index is 0.107. The van der Waals surface area contributed by atoms with Crippen LogP contribution in [0.2, 0.25) is 0 Å². The molecule has 0 atom stereocenters. The van der Waals surface area contributed by atoms with E-state index < -0.39 is 10.0 Å². The van der Waals surface area contributed by atoms with E-state index in [2.05, 4.69) is 9.29 Å². The third-order valence-corrected chi connectivity index (χ3v) is 5.34. The molecule has 7 heteroatoms. The lowest BCUT2D eigenvalue weighted by molar-refractivity contribution is 0.188. The molecule has 0 saturated heterocycles. The number of hydrogen-bond acceptors (Lipinski definition) is 4. The number of nitrogens with one attached hydrogen (secondary N) is 1. The number of hydrogen-bond donors (Lipinski definition) is 1. The minimum atomic E-state index is -3.73. The predicted octanol–water partition coefficient (Wildman–Crippen LogP) is 3.10. The first kappa shape index (κ1) is 17.3. The molecular weight excluding hydrogens is 340 g/mol. The smallest absolute Gasteiger partial charge is 0.265 e. The van der Waals surface area contributed by atoms with Gasteiger partial charge in [-0.3, -0.25) is 4.72 Å². The van der Waals surface area contributed by atoms with Crippen LogP contribution in [0.15, 0.2) is 59.6 Å². The van der Waals surface area contributed by atoms with Crippen molar-refractivity contribution in [3.63, 3.8) is 0 Å². The van der Waals surface area contributed by atoms with Crippen molar-refractivity contribution in [2.45, 2.75) is 11.4 Å². The Morgan fingerprint density at radius 1 is 1.08 bits per heavy atom. The first-order valence-corrected chi connectivity index (χ1v) is 9.27. The van der Waals surface area contributed by atoms with Gasteiger partial charge in [0.15, 0.2) is 0 Å². The highest BCUT2D eigenvalue weighted by molar-refractivity contribution is 7.92. The molecule has 2 aromatic carbocycles. The van der Waals surface area contributed by atoms with Gasteiger partial charge in [0, 0.05) is 36.4 Å². The van der Waals surface area contributed by atoms with Crippen LogP contribution in [0.1, 0.15) is 0 Å². The van der Waals surface area contributed by atoms with Crippen LogP contribution < -0.4 is 9.46 Å². The van der Waals surface area contributed by atoms with Gasteiger partial charge >= 0.3 is 0 Å². The maximum absolute atomic E-state index is 12.7. The van der Waals surface area contributed by atoms with Crippen LogP contribution in [0.25, 0.3) is 10.9 Å². The summed E-state index contributed by atoms with van der Waals surface area (Å²) in [6.45, 7) is 1.36. The maximum Gasteiger partial charge on any atom is 0.265 e. The number of benzene rings is 2. The Morgan fingerprint density at radius 3 is 2.64 bits per heavy atom. The third kappa shape index (κ3) is 3.62. The zero-order chi connectivity index (χ0) is 17.9. The van der Waals surface area contributed by atoms with E-state index in [1.807, 2.05) is 24.4 Å². The Balaban J connectivity index is 1.89. The van der Waals surface area contributed by atoms with Crippen LogP contribution in [-0.4, -0.2) is 33.8 Å². The van der Waals surface area contributed by atoms with Crippen LogP contribution in [0.4, 0.5) is 5.69 Å². The van der Waals surface area contributed by atoms with Gasteiger partial charge in [-0.25, -0.2) is 8.42 Å². The van der Waals surface area contributed by atoms with Crippen molar-refractivity contribution in [3.05, 3.63) is 54.7 Å². The second kappa shape index (κ2) is 7.16. The van der Waals surface area contributed by atoms with E-state index in [9.17, 15) is 8.42 Å². The summed E-state index contributed by atoms with van der Waals surface area (Å²) < 4.78 is 40.2. The van der Waals surface area contributed by atoms with E-state index in [0.29, 0.717) is 18.0 Å². The highest BCUT2D eigenvalue weighted by Crippen LogP contribution is 2.27. The Morgan fingerprint density at radius 2 is 1.88 bits per heavy atom. The van der Waals surface area contributed by atoms with Crippen molar-refractivity contribution >= 4 is 26.6 Å². The van der Waals surface area contributed by atoms with Gasteiger partial charge in [-0.1, -0.05) is 12.1 Å². The number of rotatable bonds is 7. The van der Waals surface area contributed by atoms with Crippen molar-refractivity contribution in [1.29, 1.82) is 0 Å². The van der Waals surface area contributed by atoms with E-state index >= 15 is 0 Å². The number of ether oxygens (including phenoxy) is 2. The monoisotopic (exact) mass is 360 g/mol. The fourth-order valence-corrected chi connectivity index (χ4v) is 3.92. The van der Waals surface area contributed by atoms with Crippen LogP contribution >= 0.6 is 0 Å². The Hall–Kier alpha value is -2.51. The van der Waals surface area contributed by atoms with Gasteiger partial charge in [-0.15, -0.1) is 0 Å². The number of sulfonamides is 1. The van der Waals surface area contributed by atoms with Crippen LogP contribution in [0.3, 0.4) is 0 Å². The van der Waals surface area contributed by atoms with E-state index in [4.69, 9.17) is 9.47 Å². The molecule has 0 aliphatic carbocycles. The summed E-state index contributed by atoms with van der Waals surface area (Å²) in [7, 11) is -0.623. The molecule has 1 heterocycles. The minimum Gasteiger partial charge on any atom is -0.495 e. The molecule has 1 aromatic heterocycles.